The zero-order valence-electron chi connectivity index (χ0n) is 12.3. The molecule has 0 bridgehead atoms. The van der Waals surface area contributed by atoms with Gasteiger partial charge in [0, 0.05) is 11.4 Å². The van der Waals surface area contributed by atoms with Gasteiger partial charge in [-0.3, -0.25) is 4.79 Å². The van der Waals surface area contributed by atoms with Gasteiger partial charge in [-0.2, -0.15) is 0 Å². The van der Waals surface area contributed by atoms with Gasteiger partial charge in [0.25, 0.3) is 0 Å². The Morgan fingerprint density at radius 2 is 1.63 bits per heavy atom. The number of aliphatic hydroxyl groups is 1. The Morgan fingerprint density at radius 1 is 1.16 bits per heavy atom. The number of carbonyl (C=O) groups excluding carboxylic acids is 1. The minimum atomic E-state index is -1.28. The fourth-order valence-electron chi connectivity index (χ4n) is 2.05. The molecule has 0 spiro atoms. The van der Waals surface area contributed by atoms with Crippen LogP contribution in [-0.4, -0.2) is 16.5 Å². The molecule has 1 atom stereocenters. The molecule has 2 nitrogen and oxygen atoms in total. The maximum atomic E-state index is 12.1. The van der Waals surface area contributed by atoms with Crippen LogP contribution in [0.2, 0.25) is 5.02 Å². The molecule has 1 aromatic carbocycles. The van der Waals surface area contributed by atoms with Gasteiger partial charge in [0.1, 0.15) is 5.60 Å². The molecule has 0 aromatic heterocycles. The van der Waals surface area contributed by atoms with Crippen molar-refractivity contribution >= 4 is 17.4 Å². The van der Waals surface area contributed by atoms with E-state index in [9.17, 15) is 9.90 Å². The third kappa shape index (κ3) is 4.63. The number of hydrogen-bond acceptors (Lipinski definition) is 2. The van der Waals surface area contributed by atoms with Gasteiger partial charge in [0.2, 0.25) is 0 Å². The van der Waals surface area contributed by atoms with Crippen LogP contribution in [0.15, 0.2) is 24.3 Å². The highest BCUT2D eigenvalue weighted by atomic mass is 35.5. The number of halogens is 1. The van der Waals surface area contributed by atoms with E-state index in [1.165, 1.54) is 13.8 Å². The maximum Gasteiger partial charge on any atom is 0.164 e. The van der Waals surface area contributed by atoms with E-state index >= 15 is 0 Å². The normalized spacial score (nSPS) is 14.3. The lowest BCUT2D eigenvalue weighted by Crippen LogP contribution is -2.34. The number of ketones is 1. The van der Waals surface area contributed by atoms with Gasteiger partial charge in [-0.25, -0.2) is 0 Å². The molecule has 1 rings (SSSR count). The van der Waals surface area contributed by atoms with Gasteiger partial charge in [-0.05, 0) is 42.9 Å². The van der Waals surface area contributed by atoms with Crippen molar-refractivity contribution in [1.82, 2.24) is 0 Å². The van der Waals surface area contributed by atoms with Crippen LogP contribution in [0.1, 0.15) is 52.5 Å². The third-order valence-corrected chi connectivity index (χ3v) is 3.64. The summed E-state index contributed by atoms with van der Waals surface area (Å²) in [6.45, 7) is 9.38. The van der Waals surface area contributed by atoms with E-state index < -0.39 is 5.60 Å². The average molecular weight is 283 g/mol. The minimum Gasteiger partial charge on any atom is -0.383 e. The van der Waals surface area contributed by atoms with E-state index in [2.05, 4.69) is 20.8 Å². The van der Waals surface area contributed by atoms with E-state index in [1.54, 1.807) is 0 Å². The van der Waals surface area contributed by atoms with Crippen LogP contribution in [-0.2, 0) is 4.79 Å². The van der Waals surface area contributed by atoms with Crippen LogP contribution in [0.3, 0.4) is 0 Å². The molecule has 1 unspecified atom stereocenters. The highest BCUT2D eigenvalue weighted by Gasteiger charge is 2.33. The largest absolute Gasteiger partial charge is 0.383 e. The van der Waals surface area contributed by atoms with Crippen molar-refractivity contribution in [2.24, 2.45) is 5.41 Å². The third-order valence-electron chi connectivity index (χ3n) is 3.39. The van der Waals surface area contributed by atoms with Gasteiger partial charge >= 0.3 is 0 Å². The van der Waals surface area contributed by atoms with Gasteiger partial charge in [0.15, 0.2) is 5.78 Å². The fraction of sp³-hybridized carbons (Fsp3) is 0.562. The lowest BCUT2D eigenvalue weighted by molar-refractivity contribution is -0.135. The first-order valence-electron chi connectivity index (χ1n) is 6.53. The molecule has 0 fully saturated rings. The highest BCUT2D eigenvalue weighted by Crippen LogP contribution is 2.39. The number of Topliss-reactive ketones (excluding diaryl/α,β-unsaturated/α-hetero) is 1. The summed E-state index contributed by atoms with van der Waals surface area (Å²) < 4.78 is 0. The zero-order valence-corrected chi connectivity index (χ0v) is 13.1. The average Bonchev–Trinajstić information content (AvgIpc) is 2.24. The van der Waals surface area contributed by atoms with E-state index in [4.69, 9.17) is 11.6 Å². The molecule has 19 heavy (non-hydrogen) atoms. The van der Waals surface area contributed by atoms with Crippen molar-refractivity contribution in [2.45, 2.75) is 52.6 Å². The van der Waals surface area contributed by atoms with Crippen LogP contribution < -0.4 is 0 Å². The second-order valence-corrected chi connectivity index (χ2v) is 7.09. The number of carbonyl (C=O) groups is 1. The highest BCUT2D eigenvalue weighted by molar-refractivity contribution is 6.30. The monoisotopic (exact) mass is 282 g/mol. The molecule has 106 valence electrons. The number of rotatable bonds is 4. The fourth-order valence-corrected chi connectivity index (χ4v) is 2.18. The second-order valence-electron chi connectivity index (χ2n) is 6.66. The van der Waals surface area contributed by atoms with Crippen molar-refractivity contribution in [3.63, 3.8) is 0 Å². The molecule has 1 aromatic rings. The Hall–Kier alpha value is -0.860. The summed E-state index contributed by atoms with van der Waals surface area (Å²) >= 11 is 5.90. The summed E-state index contributed by atoms with van der Waals surface area (Å²) in [4.78, 5) is 12.1. The Morgan fingerprint density at radius 3 is 2.00 bits per heavy atom. The standard InChI is InChI=1S/C16H23ClO2/c1-15(2,3)13(10-14(18)16(4,5)19)11-6-8-12(17)9-7-11/h6-9,13,19H,10H2,1-5H3. The molecule has 0 aliphatic rings. The van der Waals surface area contributed by atoms with Crippen molar-refractivity contribution in [1.29, 1.82) is 0 Å². The Kier molecular flexibility index (Phi) is 4.81. The molecule has 0 saturated heterocycles. The van der Waals surface area contributed by atoms with E-state index in [1.807, 2.05) is 24.3 Å². The molecule has 0 amide bonds. The van der Waals surface area contributed by atoms with Crippen molar-refractivity contribution in [3.05, 3.63) is 34.9 Å². The zero-order chi connectivity index (χ0) is 14.8. The summed E-state index contributed by atoms with van der Waals surface area (Å²) in [5, 5.41) is 10.5. The van der Waals surface area contributed by atoms with Crippen molar-refractivity contribution in [2.75, 3.05) is 0 Å². The van der Waals surface area contributed by atoms with E-state index in [-0.39, 0.29) is 17.1 Å². The first-order chi connectivity index (χ1) is 8.51. The van der Waals surface area contributed by atoms with Gasteiger partial charge in [-0.15, -0.1) is 0 Å². The Balaban J connectivity index is 3.04. The smallest absolute Gasteiger partial charge is 0.164 e. The first-order valence-corrected chi connectivity index (χ1v) is 6.91. The minimum absolute atomic E-state index is 0.0590. The molecule has 1 N–H and O–H groups in total. The van der Waals surface area contributed by atoms with E-state index in [0.717, 1.165) is 5.56 Å². The van der Waals surface area contributed by atoms with E-state index in [0.29, 0.717) is 11.4 Å². The Bertz CT molecular complexity index is 435. The van der Waals surface area contributed by atoms with Gasteiger partial charge in [-0.1, -0.05) is 44.5 Å². The predicted molar refractivity (Wildman–Crippen MR) is 79.6 cm³/mol. The van der Waals surface area contributed by atoms with Crippen LogP contribution in [0.5, 0.6) is 0 Å². The van der Waals surface area contributed by atoms with Crippen LogP contribution in [0, 0.1) is 5.41 Å². The number of hydrogen-bond donors (Lipinski definition) is 1. The summed E-state index contributed by atoms with van der Waals surface area (Å²) in [6, 6.07) is 7.58. The van der Waals surface area contributed by atoms with Crippen molar-refractivity contribution < 1.29 is 9.90 Å². The van der Waals surface area contributed by atoms with Crippen LogP contribution in [0.25, 0.3) is 0 Å². The molecule has 0 aliphatic heterocycles. The SMILES string of the molecule is CC(C)(O)C(=O)CC(c1ccc(Cl)cc1)C(C)(C)C. The Labute approximate surface area is 120 Å². The maximum absolute atomic E-state index is 12.1. The van der Waals surface area contributed by atoms with Crippen LogP contribution in [0.4, 0.5) is 0 Å². The van der Waals surface area contributed by atoms with Gasteiger partial charge in [0.05, 0.1) is 0 Å². The molecular formula is C16H23ClO2. The quantitative estimate of drug-likeness (QED) is 0.899. The second kappa shape index (κ2) is 5.64. The summed E-state index contributed by atoms with van der Waals surface area (Å²) in [6.07, 6.45) is 0.328. The van der Waals surface area contributed by atoms with Crippen LogP contribution >= 0.6 is 11.6 Å². The topological polar surface area (TPSA) is 37.3 Å². The first kappa shape index (κ1) is 16.2. The molecular weight excluding hydrogens is 260 g/mol. The lowest BCUT2D eigenvalue weighted by atomic mass is 9.72. The molecule has 0 aliphatic carbocycles. The predicted octanol–water partition coefficient (Wildman–Crippen LogP) is 4.20. The molecule has 0 radical (unpaired) electrons. The summed E-state index contributed by atoms with van der Waals surface area (Å²) in [5.41, 5.74) is -0.264. The summed E-state index contributed by atoms with van der Waals surface area (Å²) in [7, 11) is 0. The van der Waals surface area contributed by atoms with Gasteiger partial charge < -0.3 is 5.11 Å². The summed E-state index contributed by atoms with van der Waals surface area (Å²) in [5.74, 6) is -0.0777. The lowest BCUT2D eigenvalue weighted by Gasteiger charge is -2.32. The molecule has 0 saturated carbocycles. The number of benzene rings is 1. The molecule has 0 heterocycles. The van der Waals surface area contributed by atoms with Crippen molar-refractivity contribution in [3.8, 4) is 0 Å². The molecule has 3 heteroatoms.